The van der Waals surface area contributed by atoms with E-state index >= 15 is 0 Å². The molecule has 1 aromatic carbocycles. The number of likely N-dealkylation sites (tertiary alicyclic amines) is 1. The minimum absolute atomic E-state index is 0.122. The normalized spacial score (nSPS) is 23.3. The van der Waals surface area contributed by atoms with Gasteiger partial charge in [0.25, 0.3) is 0 Å². The Morgan fingerprint density at radius 3 is 2.52 bits per heavy atom. The van der Waals surface area contributed by atoms with E-state index in [0.29, 0.717) is 18.2 Å². The lowest BCUT2D eigenvalue weighted by molar-refractivity contribution is 0.214. The molecule has 3 rings (SSSR count). The molecule has 1 aliphatic heterocycles. The number of amides is 2. The lowest BCUT2D eigenvalue weighted by atomic mass is 10.0. The van der Waals surface area contributed by atoms with Gasteiger partial charge < -0.3 is 5.32 Å². The van der Waals surface area contributed by atoms with Crippen molar-refractivity contribution >= 4 is 11.9 Å². The molecule has 0 saturated carbocycles. The molecule has 7 heteroatoms. The maximum Gasteiger partial charge on any atom is 0.328 e. The molecule has 1 heterocycles. The van der Waals surface area contributed by atoms with Crippen LogP contribution in [0.2, 0.25) is 0 Å². The van der Waals surface area contributed by atoms with Gasteiger partial charge in [0.2, 0.25) is 0 Å². The number of carbonyl (C=O) groups excluding carboxylic acids is 1. The second-order valence-corrected chi connectivity index (χ2v) is 5.67. The van der Waals surface area contributed by atoms with Gasteiger partial charge in [-0.25, -0.2) is 18.0 Å². The largest absolute Gasteiger partial charge is 0.328 e. The number of nitrogens with zero attached hydrogens (tertiary/aromatic N) is 1. The number of amidine groups is 1. The standard InChI is InChI=1S/C16H14F3N3O/c1-8-2-12(3-8)21-16(23)22-14(7-13(19)15(22)20)9-4-10(17)6-11(18)5-9/h4-6,13-14,20H,2,7H2,1H3,(H,21,23)/t13?,14-/m0/s1. The van der Waals surface area contributed by atoms with Gasteiger partial charge in [-0.1, -0.05) is 5.73 Å². The molecule has 1 saturated heterocycles. The van der Waals surface area contributed by atoms with Crippen molar-refractivity contribution < 1.29 is 18.0 Å². The summed E-state index contributed by atoms with van der Waals surface area (Å²) in [4.78, 5) is 13.2. The van der Waals surface area contributed by atoms with Crippen LogP contribution in [-0.2, 0) is 0 Å². The van der Waals surface area contributed by atoms with Crippen LogP contribution in [0, 0.1) is 17.0 Å². The maximum atomic E-state index is 13.9. The van der Waals surface area contributed by atoms with E-state index in [2.05, 4.69) is 11.0 Å². The van der Waals surface area contributed by atoms with E-state index in [9.17, 15) is 18.0 Å². The monoisotopic (exact) mass is 321 g/mol. The summed E-state index contributed by atoms with van der Waals surface area (Å²) < 4.78 is 40.7. The van der Waals surface area contributed by atoms with Crippen LogP contribution in [0.3, 0.4) is 0 Å². The van der Waals surface area contributed by atoms with Gasteiger partial charge in [-0.3, -0.25) is 10.3 Å². The van der Waals surface area contributed by atoms with Crippen LogP contribution in [0.15, 0.2) is 35.2 Å². The molecule has 120 valence electrons. The molecule has 1 aromatic rings. The van der Waals surface area contributed by atoms with Crippen molar-refractivity contribution in [1.29, 1.82) is 5.41 Å². The summed E-state index contributed by atoms with van der Waals surface area (Å²) in [5, 5.41) is 10.3. The number of carbonyl (C=O) groups is 1. The topological polar surface area (TPSA) is 56.2 Å². The Bertz CT molecular complexity index is 748. The Hall–Kier alpha value is -2.53. The average Bonchev–Trinajstić information content (AvgIpc) is 2.72. The smallest absolute Gasteiger partial charge is 0.304 e. The molecule has 1 fully saturated rings. The summed E-state index contributed by atoms with van der Waals surface area (Å²) in [5.41, 5.74) is 4.53. The number of alkyl halides is 1. The highest BCUT2D eigenvalue weighted by Crippen LogP contribution is 2.35. The fourth-order valence-corrected chi connectivity index (χ4v) is 2.80. The van der Waals surface area contributed by atoms with E-state index in [0.717, 1.165) is 22.6 Å². The van der Waals surface area contributed by atoms with Crippen LogP contribution in [0.4, 0.5) is 18.0 Å². The molecule has 1 unspecified atom stereocenters. The predicted octanol–water partition coefficient (Wildman–Crippen LogP) is 3.57. The highest BCUT2D eigenvalue weighted by molar-refractivity contribution is 6.01. The number of hydrogen-bond acceptors (Lipinski definition) is 2. The molecule has 0 bridgehead atoms. The van der Waals surface area contributed by atoms with E-state index in [1.54, 1.807) is 0 Å². The van der Waals surface area contributed by atoms with Crippen molar-refractivity contribution in [2.75, 3.05) is 0 Å². The summed E-state index contributed by atoms with van der Waals surface area (Å²) in [5.74, 6) is -2.14. The first kappa shape index (κ1) is 15.4. The van der Waals surface area contributed by atoms with Crippen molar-refractivity contribution in [1.82, 2.24) is 10.2 Å². The molecule has 0 radical (unpaired) electrons. The Labute approximate surface area is 130 Å². The number of urea groups is 1. The van der Waals surface area contributed by atoms with E-state index < -0.39 is 35.7 Å². The lowest BCUT2D eigenvalue weighted by Crippen LogP contribution is -2.43. The van der Waals surface area contributed by atoms with Crippen LogP contribution in [0.1, 0.15) is 31.4 Å². The van der Waals surface area contributed by atoms with Crippen molar-refractivity contribution in [3.63, 3.8) is 0 Å². The number of halogens is 3. The molecule has 4 nitrogen and oxygen atoms in total. The SMILES string of the molecule is CC1=C=C(NC(=O)N2C(=N)C(F)C[C@H]2c2cc(F)cc(F)c2)C1. The van der Waals surface area contributed by atoms with Crippen molar-refractivity contribution in [2.45, 2.75) is 32.0 Å². The van der Waals surface area contributed by atoms with Crippen LogP contribution in [0.25, 0.3) is 0 Å². The highest BCUT2D eigenvalue weighted by atomic mass is 19.1. The number of benzene rings is 1. The van der Waals surface area contributed by atoms with Crippen molar-refractivity contribution in [3.05, 3.63) is 52.4 Å². The van der Waals surface area contributed by atoms with Gasteiger partial charge in [-0.15, -0.1) is 0 Å². The van der Waals surface area contributed by atoms with E-state index in [4.69, 9.17) is 5.41 Å². The quantitative estimate of drug-likeness (QED) is 0.804. The zero-order chi connectivity index (χ0) is 16.7. The number of nitrogens with one attached hydrogen (secondary N) is 2. The summed E-state index contributed by atoms with van der Waals surface area (Å²) in [6, 6.07) is 1.18. The Morgan fingerprint density at radius 2 is 1.96 bits per heavy atom. The van der Waals surface area contributed by atoms with Gasteiger partial charge in [0.05, 0.1) is 11.7 Å². The zero-order valence-corrected chi connectivity index (χ0v) is 12.3. The van der Waals surface area contributed by atoms with Crippen LogP contribution in [0.5, 0.6) is 0 Å². The highest BCUT2D eigenvalue weighted by Gasteiger charge is 2.42. The summed E-state index contributed by atoms with van der Waals surface area (Å²) >= 11 is 0. The molecule has 0 spiro atoms. The third kappa shape index (κ3) is 2.87. The third-order valence-electron chi connectivity index (χ3n) is 3.85. The molecule has 1 aliphatic carbocycles. The first-order valence-corrected chi connectivity index (χ1v) is 7.09. The third-order valence-corrected chi connectivity index (χ3v) is 3.85. The van der Waals surface area contributed by atoms with Gasteiger partial charge >= 0.3 is 6.03 Å². The summed E-state index contributed by atoms with van der Waals surface area (Å²) in [7, 11) is 0. The molecular formula is C16H14F3N3O. The number of rotatable bonds is 2. The van der Waals surface area contributed by atoms with Gasteiger partial charge in [0.15, 0.2) is 6.17 Å². The summed E-state index contributed by atoms with van der Waals surface area (Å²) in [6.45, 7) is 1.85. The summed E-state index contributed by atoms with van der Waals surface area (Å²) in [6.07, 6.45) is -1.31. The second kappa shape index (κ2) is 5.59. The van der Waals surface area contributed by atoms with E-state index in [-0.39, 0.29) is 12.0 Å². The fourth-order valence-electron chi connectivity index (χ4n) is 2.80. The zero-order valence-electron chi connectivity index (χ0n) is 12.3. The van der Waals surface area contributed by atoms with Crippen molar-refractivity contribution in [3.8, 4) is 0 Å². The maximum absolute atomic E-state index is 13.9. The van der Waals surface area contributed by atoms with E-state index in [1.165, 1.54) is 0 Å². The molecule has 0 aromatic heterocycles. The first-order valence-electron chi connectivity index (χ1n) is 7.09. The Balaban J connectivity index is 1.90. The first-order chi connectivity index (χ1) is 10.8. The molecule has 2 N–H and O–H groups in total. The average molecular weight is 321 g/mol. The minimum atomic E-state index is -1.66. The molecule has 2 amide bonds. The Kier molecular flexibility index (Phi) is 3.74. The van der Waals surface area contributed by atoms with Gasteiger partial charge in [-0.2, -0.15) is 0 Å². The van der Waals surface area contributed by atoms with Crippen LogP contribution in [-0.4, -0.2) is 22.9 Å². The Morgan fingerprint density at radius 1 is 1.35 bits per heavy atom. The molecule has 23 heavy (non-hydrogen) atoms. The molecule has 2 aliphatic rings. The van der Waals surface area contributed by atoms with Gasteiger partial charge in [-0.05, 0) is 30.2 Å². The van der Waals surface area contributed by atoms with Crippen LogP contribution < -0.4 is 5.32 Å². The minimum Gasteiger partial charge on any atom is -0.304 e. The van der Waals surface area contributed by atoms with E-state index in [1.807, 2.05) is 6.92 Å². The van der Waals surface area contributed by atoms with Gasteiger partial charge in [0.1, 0.15) is 17.5 Å². The lowest BCUT2D eigenvalue weighted by Gasteiger charge is -2.26. The second-order valence-electron chi connectivity index (χ2n) is 5.67. The predicted molar refractivity (Wildman–Crippen MR) is 77.5 cm³/mol. The van der Waals surface area contributed by atoms with Gasteiger partial charge in [0, 0.05) is 18.9 Å². The molecular weight excluding hydrogens is 307 g/mol. The van der Waals surface area contributed by atoms with Crippen molar-refractivity contribution in [2.24, 2.45) is 0 Å². The number of hydrogen-bond donors (Lipinski definition) is 2. The fraction of sp³-hybridized carbons (Fsp3) is 0.312. The molecule has 2 atom stereocenters. The van der Waals surface area contributed by atoms with Crippen LogP contribution >= 0.6 is 0 Å².